The molecule has 0 spiro atoms. The monoisotopic (exact) mass is 363 g/mol. The van der Waals surface area contributed by atoms with Gasteiger partial charge in [-0.25, -0.2) is 4.79 Å². The van der Waals surface area contributed by atoms with Crippen LogP contribution < -0.4 is 4.74 Å². The molecule has 1 unspecified atom stereocenters. The summed E-state index contributed by atoms with van der Waals surface area (Å²) >= 11 is 0. The number of carbonyl (C=O) groups excluding carboxylic acids is 2. The van der Waals surface area contributed by atoms with Gasteiger partial charge in [-0.2, -0.15) is 0 Å². The largest absolute Gasteiger partial charge is 0.494 e. The van der Waals surface area contributed by atoms with Gasteiger partial charge < -0.3 is 14.5 Å². The van der Waals surface area contributed by atoms with Gasteiger partial charge >= 0.3 is 5.97 Å². The van der Waals surface area contributed by atoms with Crippen molar-refractivity contribution in [1.82, 2.24) is 4.98 Å². The predicted octanol–water partition coefficient (Wildman–Crippen LogP) is 4.39. The minimum Gasteiger partial charge on any atom is -0.494 e. The molecule has 1 aromatic heterocycles. The smallest absolute Gasteiger partial charge is 0.331 e. The number of aromatic nitrogens is 1. The lowest BCUT2D eigenvalue weighted by molar-refractivity contribution is -0.140. The van der Waals surface area contributed by atoms with Crippen LogP contribution in [0, 0.1) is 0 Å². The van der Waals surface area contributed by atoms with Gasteiger partial charge in [0.25, 0.3) is 0 Å². The lowest BCUT2D eigenvalue weighted by atomic mass is 10.1. The maximum absolute atomic E-state index is 12.6. The molecule has 0 saturated heterocycles. The Labute approximate surface area is 157 Å². The third-order valence-corrected chi connectivity index (χ3v) is 4.12. The summed E-state index contributed by atoms with van der Waals surface area (Å²) in [6, 6.07) is 14.9. The Bertz CT molecular complexity index is 969. The molecule has 0 radical (unpaired) electrons. The lowest BCUT2D eigenvalue weighted by Gasteiger charge is -2.10. The van der Waals surface area contributed by atoms with Crippen LogP contribution in [0.5, 0.6) is 5.75 Å². The number of ketones is 1. The number of hydrogen-bond acceptors (Lipinski definition) is 4. The van der Waals surface area contributed by atoms with Crippen molar-refractivity contribution in [1.29, 1.82) is 0 Å². The second-order valence-electron chi connectivity index (χ2n) is 6.03. The molecule has 138 valence electrons. The molecule has 1 heterocycles. The molecule has 1 atom stereocenters. The molecular weight excluding hydrogens is 342 g/mol. The Balaban J connectivity index is 1.62. The highest BCUT2D eigenvalue weighted by Gasteiger charge is 2.21. The van der Waals surface area contributed by atoms with Gasteiger partial charge in [0.2, 0.25) is 5.78 Å². The molecule has 5 heteroatoms. The number of benzene rings is 2. The summed E-state index contributed by atoms with van der Waals surface area (Å²) in [4.78, 5) is 27.7. The van der Waals surface area contributed by atoms with Gasteiger partial charge in [0, 0.05) is 28.7 Å². The molecule has 0 fully saturated rings. The zero-order valence-corrected chi connectivity index (χ0v) is 15.3. The summed E-state index contributed by atoms with van der Waals surface area (Å²) in [6.07, 6.45) is 3.73. The third kappa shape index (κ3) is 4.44. The normalized spacial score (nSPS) is 12.2. The van der Waals surface area contributed by atoms with Gasteiger partial charge in [-0.3, -0.25) is 4.79 Å². The first-order chi connectivity index (χ1) is 13.1. The van der Waals surface area contributed by atoms with Gasteiger partial charge in [-0.05, 0) is 43.7 Å². The maximum Gasteiger partial charge on any atom is 0.331 e. The molecule has 0 aliphatic carbocycles. The molecule has 0 bridgehead atoms. The summed E-state index contributed by atoms with van der Waals surface area (Å²) in [6.45, 7) is 4.10. The first-order valence-corrected chi connectivity index (χ1v) is 8.80. The molecule has 0 aliphatic rings. The fourth-order valence-corrected chi connectivity index (χ4v) is 2.77. The molecule has 3 rings (SSSR count). The number of esters is 1. The number of nitrogens with one attached hydrogen (secondary N) is 1. The Kier molecular flexibility index (Phi) is 5.71. The summed E-state index contributed by atoms with van der Waals surface area (Å²) < 4.78 is 10.6. The Morgan fingerprint density at radius 3 is 2.59 bits per heavy atom. The van der Waals surface area contributed by atoms with Crippen molar-refractivity contribution in [3.05, 3.63) is 71.9 Å². The highest BCUT2D eigenvalue weighted by molar-refractivity contribution is 6.10. The molecule has 2 aromatic carbocycles. The standard InChI is InChI=1S/C22H21NO4/c1-3-26-17-11-8-16(9-12-17)10-13-21(24)27-15(2)22(25)19-14-23-20-7-5-4-6-18(19)20/h4-15,23H,3H2,1-2H3/b13-10+. The van der Waals surface area contributed by atoms with E-state index >= 15 is 0 Å². The van der Waals surface area contributed by atoms with Crippen LogP contribution >= 0.6 is 0 Å². The van der Waals surface area contributed by atoms with Crippen LogP contribution in [0.3, 0.4) is 0 Å². The maximum atomic E-state index is 12.6. The molecule has 0 saturated carbocycles. The van der Waals surface area contributed by atoms with Crippen molar-refractivity contribution in [2.75, 3.05) is 6.61 Å². The fourth-order valence-electron chi connectivity index (χ4n) is 2.77. The van der Waals surface area contributed by atoms with E-state index in [9.17, 15) is 9.59 Å². The Hall–Kier alpha value is -3.34. The van der Waals surface area contributed by atoms with Crippen molar-refractivity contribution in [3.8, 4) is 5.75 Å². The topological polar surface area (TPSA) is 68.4 Å². The number of aromatic amines is 1. The highest BCUT2D eigenvalue weighted by Crippen LogP contribution is 2.20. The predicted molar refractivity (Wildman–Crippen MR) is 105 cm³/mol. The molecule has 5 nitrogen and oxygen atoms in total. The Morgan fingerprint density at radius 1 is 1.11 bits per heavy atom. The SMILES string of the molecule is CCOc1ccc(/C=C/C(=O)OC(C)C(=O)c2c[nH]c3ccccc23)cc1. The molecule has 27 heavy (non-hydrogen) atoms. The van der Waals surface area contributed by atoms with Gasteiger partial charge in [-0.15, -0.1) is 0 Å². The lowest BCUT2D eigenvalue weighted by Crippen LogP contribution is -2.23. The molecule has 0 aliphatic heterocycles. The number of carbonyl (C=O) groups is 2. The Morgan fingerprint density at radius 2 is 1.85 bits per heavy atom. The first kappa shape index (κ1) is 18.5. The van der Waals surface area contributed by atoms with Crippen LogP contribution in [-0.4, -0.2) is 29.4 Å². The van der Waals surface area contributed by atoms with Crippen LogP contribution in [0.15, 0.2) is 60.8 Å². The van der Waals surface area contributed by atoms with Crippen LogP contribution in [0.1, 0.15) is 29.8 Å². The minimum absolute atomic E-state index is 0.240. The number of ether oxygens (including phenoxy) is 2. The average Bonchev–Trinajstić information content (AvgIpc) is 3.11. The number of para-hydroxylation sites is 1. The zero-order chi connectivity index (χ0) is 19.2. The molecular formula is C22H21NO4. The van der Waals surface area contributed by atoms with Crippen LogP contribution in [0.4, 0.5) is 0 Å². The van der Waals surface area contributed by atoms with E-state index in [1.165, 1.54) is 6.08 Å². The van der Waals surface area contributed by atoms with Crippen LogP contribution in [-0.2, 0) is 9.53 Å². The number of fused-ring (bicyclic) bond motifs is 1. The summed E-state index contributed by atoms with van der Waals surface area (Å²) in [5, 5.41) is 0.815. The van der Waals surface area contributed by atoms with Gasteiger partial charge in [0.1, 0.15) is 5.75 Å². The summed E-state index contributed by atoms with van der Waals surface area (Å²) in [5.41, 5.74) is 2.22. The van der Waals surface area contributed by atoms with E-state index in [0.29, 0.717) is 12.2 Å². The van der Waals surface area contributed by atoms with E-state index in [1.807, 2.05) is 55.5 Å². The van der Waals surface area contributed by atoms with Crippen molar-refractivity contribution < 1.29 is 19.1 Å². The highest BCUT2D eigenvalue weighted by atomic mass is 16.5. The van der Waals surface area contributed by atoms with E-state index in [-0.39, 0.29) is 5.78 Å². The molecule has 3 aromatic rings. The molecule has 0 amide bonds. The van der Waals surface area contributed by atoms with E-state index in [0.717, 1.165) is 22.2 Å². The number of Topliss-reactive ketones (excluding diaryl/α,β-unsaturated/α-hetero) is 1. The first-order valence-electron chi connectivity index (χ1n) is 8.80. The number of H-pyrrole nitrogens is 1. The van der Waals surface area contributed by atoms with Gasteiger partial charge in [0.05, 0.1) is 6.61 Å². The van der Waals surface area contributed by atoms with Crippen molar-refractivity contribution >= 4 is 28.7 Å². The van der Waals surface area contributed by atoms with Crippen molar-refractivity contribution in [2.45, 2.75) is 20.0 Å². The summed E-state index contributed by atoms with van der Waals surface area (Å²) in [5.74, 6) is -0.0324. The average molecular weight is 363 g/mol. The second-order valence-corrected chi connectivity index (χ2v) is 6.03. The van der Waals surface area contributed by atoms with E-state index in [4.69, 9.17) is 9.47 Å². The molecule has 1 N–H and O–H groups in total. The fraction of sp³-hybridized carbons (Fsp3) is 0.182. The van der Waals surface area contributed by atoms with Gasteiger partial charge in [-0.1, -0.05) is 30.3 Å². The van der Waals surface area contributed by atoms with E-state index < -0.39 is 12.1 Å². The third-order valence-electron chi connectivity index (χ3n) is 4.12. The number of hydrogen-bond donors (Lipinski definition) is 1. The van der Waals surface area contributed by atoms with Crippen LogP contribution in [0.25, 0.3) is 17.0 Å². The van der Waals surface area contributed by atoms with E-state index in [2.05, 4.69) is 4.98 Å². The van der Waals surface area contributed by atoms with E-state index in [1.54, 1.807) is 19.2 Å². The second kappa shape index (κ2) is 8.36. The number of rotatable bonds is 7. The van der Waals surface area contributed by atoms with Gasteiger partial charge in [0.15, 0.2) is 6.10 Å². The van der Waals surface area contributed by atoms with Crippen molar-refractivity contribution in [2.24, 2.45) is 0 Å². The quantitative estimate of drug-likeness (QED) is 0.384. The zero-order valence-electron chi connectivity index (χ0n) is 15.3. The minimum atomic E-state index is -0.873. The van der Waals surface area contributed by atoms with Crippen LogP contribution in [0.2, 0.25) is 0 Å². The summed E-state index contributed by atoms with van der Waals surface area (Å²) in [7, 11) is 0. The van der Waals surface area contributed by atoms with Crippen molar-refractivity contribution in [3.63, 3.8) is 0 Å².